The van der Waals surface area contributed by atoms with Gasteiger partial charge in [-0.2, -0.15) is 0 Å². The van der Waals surface area contributed by atoms with Crippen molar-refractivity contribution in [2.24, 2.45) is 0 Å². The third-order valence-electron chi connectivity index (χ3n) is 13.7. The highest BCUT2D eigenvalue weighted by atomic mass is 32.2. The summed E-state index contributed by atoms with van der Waals surface area (Å²) in [5.41, 5.74) is 14.8. The average molecular weight is 849 g/mol. The zero-order valence-electron chi connectivity index (χ0n) is 35.0. The summed E-state index contributed by atoms with van der Waals surface area (Å²) in [6.07, 6.45) is 6.77. The first-order chi connectivity index (χ1) is 32.2. The largest absolute Gasteiger partial charge is 0.455 e. The lowest BCUT2D eigenvalue weighted by Gasteiger charge is -2.41. The molecule has 0 amide bonds. The number of furan rings is 1. The monoisotopic (exact) mass is 848 g/mol. The fourth-order valence-corrected chi connectivity index (χ4v) is 12.2. The highest BCUT2D eigenvalue weighted by Gasteiger charge is 2.51. The molecule has 0 unspecified atom stereocenters. The Morgan fingerprint density at radius 2 is 1.15 bits per heavy atom. The van der Waals surface area contributed by atoms with Crippen molar-refractivity contribution in [2.45, 2.75) is 28.0 Å². The predicted molar refractivity (Wildman–Crippen MR) is 264 cm³/mol. The van der Waals surface area contributed by atoms with Crippen molar-refractivity contribution in [3.8, 4) is 45.4 Å². The molecule has 0 saturated heterocycles. The summed E-state index contributed by atoms with van der Waals surface area (Å²) < 4.78 is 6.52. The molecule has 65 heavy (non-hydrogen) atoms. The molecule has 0 N–H and O–H groups in total. The van der Waals surface area contributed by atoms with Crippen LogP contribution in [0.5, 0.6) is 0 Å². The van der Waals surface area contributed by atoms with Crippen LogP contribution in [0.15, 0.2) is 214 Å². The van der Waals surface area contributed by atoms with E-state index in [0.717, 1.165) is 79.0 Å². The van der Waals surface area contributed by atoms with Gasteiger partial charge >= 0.3 is 0 Å². The van der Waals surface area contributed by atoms with Crippen molar-refractivity contribution in [1.82, 2.24) is 19.9 Å². The van der Waals surface area contributed by atoms with Crippen LogP contribution in [0.2, 0.25) is 0 Å². The lowest BCUT2D eigenvalue weighted by atomic mass is 9.65. The Morgan fingerprint density at radius 1 is 0.492 bits per heavy atom. The first-order valence-electron chi connectivity index (χ1n) is 22.2. The normalized spacial score (nSPS) is 14.6. The van der Waals surface area contributed by atoms with Crippen molar-refractivity contribution in [3.05, 3.63) is 222 Å². The number of fused-ring (bicyclic) bond motifs is 15. The molecule has 6 heteroatoms. The van der Waals surface area contributed by atoms with Crippen LogP contribution in [-0.2, 0) is 5.41 Å². The molecule has 0 fully saturated rings. The van der Waals surface area contributed by atoms with E-state index in [0.29, 0.717) is 17.5 Å². The highest BCUT2D eigenvalue weighted by molar-refractivity contribution is 7.99. The Labute approximate surface area is 378 Å². The van der Waals surface area contributed by atoms with Gasteiger partial charge in [0.05, 0.1) is 22.2 Å². The van der Waals surface area contributed by atoms with Crippen LogP contribution < -0.4 is 0 Å². The molecule has 0 bridgehead atoms. The van der Waals surface area contributed by atoms with Gasteiger partial charge in [0.15, 0.2) is 17.5 Å². The number of para-hydroxylation sites is 2. The molecule has 0 saturated carbocycles. The molecule has 1 aliphatic heterocycles. The van der Waals surface area contributed by atoms with E-state index >= 15 is 0 Å². The number of pyridine rings is 1. The van der Waals surface area contributed by atoms with E-state index in [-0.39, 0.29) is 0 Å². The minimum Gasteiger partial charge on any atom is -0.455 e. The molecule has 5 nitrogen and oxygen atoms in total. The smallest absolute Gasteiger partial charge is 0.167 e. The summed E-state index contributed by atoms with van der Waals surface area (Å²) in [6, 6.07) is 64.6. The van der Waals surface area contributed by atoms with Crippen molar-refractivity contribution >= 4 is 60.9 Å². The van der Waals surface area contributed by atoms with Crippen LogP contribution in [0.3, 0.4) is 0 Å². The number of aromatic nitrogens is 4. The van der Waals surface area contributed by atoms with Gasteiger partial charge in [-0.15, -0.1) is 0 Å². The minimum atomic E-state index is -0.414. The van der Waals surface area contributed by atoms with E-state index < -0.39 is 5.41 Å². The van der Waals surface area contributed by atoms with Crippen LogP contribution in [-0.4, -0.2) is 19.9 Å². The molecule has 4 heterocycles. The number of rotatable bonds is 4. The van der Waals surface area contributed by atoms with Crippen molar-refractivity contribution in [1.29, 1.82) is 0 Å². The van der Waals surface area contributed by atoms with Crippen LogP contribution in [0.25, 0.3) is 94.6 Å². The first kappa shape index (κ1) is 36.5. The van der Waals surface area contributed by atoms with Crippen molar-refractivity contribution < 1.29 is 4.42 Å². The predicted octanol–water partition coefficient (Wildman–Crippen LogP) is 15.1. The lowest BCUT2D eigenvalue weighted by molar-refractivity contribution is 0.664. The van der Waals surface area contributed by atoms with Gasteiger partial charge in [0.25, 0.3) is 0 Å². The molecule has 11 aromatic rings. The number of benzene rings is 8. The molecule has 304 valence electrons. The molecular weight excluding hydrogens is 813 g/mol. The van der Waals surface area contributed by atoms with E-state index in [9.17, 15) is 0 Å². The molecule has 3 aromatic heterocycles. The SMILES string of the molecule is C1=CC2=C(CC1)C1(c3ccccc3Sc3ccccc31)c1ccc3c(-c4ccccc4)nc4cc(-c5nc(-c6ccccc6)nc(-c6cccc7c6oc6ccccc67)n5)ccc4c3c12. The Morgan fingerprint density at radius 3 is 1.95 bits per heavy atom. The lowest BCUT2D eigenvalue weighted by Crippen LogP contribution is -2.33. The maximum Gasteiger partial charge on any atom is 0.167 e. The van der Waals surface area contributed by atoms with Crippen molar-refractivity contribution in [2.75, 3.05) is 0 Å². The molecular formula is C59H36N4OS. The summed E-state index contributed by atoms with van der Waals surface area (Å²) in [4.78, 5) is 23.8. The Bertz CT molecular complexity index is 3820. The minimum absolute atomic E-state index is 0.414. The quantitative estimate of drug-likeness (QED) is 0.164. The van der Waals surface area contributed by atoms with Crippen LogP contribution in [0.4, 0.5) is 0 Å². The maximum absolute atomic E-state index is 6.52. The molecule has 2 aliphatic carbocycles. The van der Waals surface area contributed by atoms with E-state index in [1.807, 2.05) is 66.4 Å². The zero-order chi connectivity index (χ0) is 42.6. The van der Waals surface area contributed by atoms with Crippen LogP contribution >= 0.6 is 11.8 Å². The van der Waals surface area contributed by atoms with Gasteiger partial charge in [0.1, 0.15) is 11.2 Å². The Balaban J connectivity index is 1.05. The second-order valence-corrected chi connectivity index (χ2v) is 18.2. The molecule has 14 rings (SSSR count). The number of hydrogen-bond acceptors (Lipinski definition) is 6. The highest BCUT2D eigenvalue weighted by Crippen LogP contribution is 2.64. The van der Waals surface area contributed by atoms with E-state index in [1.54, 1.807) is 0 Å². The van der Waals surface area contributed by atoms with E-state index in [4.69, 9.17) is 24.4 Å². The Kier molecular flexibility index (Phi) is 7.89. The van der Waals surface area contributed by atoms with Gasteiger partial charge in [-0.05, 0) is 76.6 Å². The molecule has 0 atom stereocenters. The average Bonchev–Trinajstić information content (AvgIpc) is 3.90. The van der Waals surface area contributed by atoms with Crippen LogP contribution in [0.1, 0.15) is 35.1 Å². The standard InChI is InChI=1S/C59H36N4OS/c1-3-16-35(17-4-1)54-42-32-33-47-53(40-21-7-9-24-44(40)59(47)45-25-10-13-28-50(45)65-51-29-14-11-26-46(51)59)52(42)41-31-30-37(34-48(41)60-54)57-61-56(36-18-5-2-6-19-36)62-58(63-57)43-23-15-22-39-38-20-8-12-27-49(38)64-55(39)43/h1-8,10-23,25-34H,9,24H2. The number of nitrogens with zero attached hydrogens (tertiary/aromatic N) is 4. The summed E-state index contributed by atoms with van der Waals surface area (Å²) in [6.45, 7) is 0. The maximum atomic E-state index is 6.52. The summed E-state index contributed by atoms with van der Waals surface area (Å²) in [5, 5.41) is 5.54. The van der Waals surface area contributed by atoms with E-state index in [2.05, 4.69) is 140 Å². The fraction of sp³-hybridized carbons (Fsp3) is 0.0508. The summed E-state index contributed by atoms with van der Waals surface area (Å²) >= 11 is 1.89. The van der Waals surface area contributed by atoms with E-state index in [1.165, 1.54) is 48.6 Å². The van der Waals surface area contributed by atoms with Gasteiger partial charge in [-0.3, -0.25) is 0 Å². The number of hydrogen-bond donors (Lipinski definition) is 0. The topological polar surface area (TPSA) is 64.7 Å². The third-order valence-corrected chi connectivity index (χ3v) is 14.8. The third kappa shape index (κ3) is 5.29. The summed E-state index contributed by atoms with van der Waals surface area (Å²) in [5.74, 6) is 1.71. The zero-order valence-corrected chi connectivity index (χ0v) is 35.8. The second kappa shape index (κ2) is 14.0. The van der Waals surface area contributed by atoms with Gasteiger partial charge in [0, 0.05) is 53.4 Å². The Hall–Kier alpha value is -7.93. The van der Waals surface area contributed by atoms with Gasteiger partial charge in [-0.1, -0.05) is 176 Å². The molecule has 3 aliphatic rings. The molecule has 0 radical (unpaired) electrons. The van der Waals surface area contributed by atoms with Crippen molar-refractivity contribution in [3.63, 3.8) is 0 Å². The van der Waals surface area contributed by atoms with Crippen LogP contribution in [0, 0.1) is 0 Å². The number of allylic oxidation sites excluding steroid dienone is 4. The molecule has 8 aromatic carbocycles. The molecule has 1 spiro atoms. The first-order valence-corrected chi connectivity index (χ1v) is 23.0. The van der Waals surface area contributed by atoms with Gasteiger partial charge in [-0.25, -0.2) is 19.9 Å². The summed E-state index contributed by atoms with van der Waals surface area (Å²) in [7, 11) is 0. The fourth-order valence-electron chi connectivity index (χ4n) is 11.0. The van der Waals surface area contributed by atoms with Gasteiger partial charge < -0.3 is 4.42 Å². The van der Waals surface area contributed by atoms with Gasteiger partial charge in [0.2, 0.25) is 0 Å². The second-order valence-electron chi connectivity index (χ2n) is 17.1.